The number of aliphatic hydroxyl groups excluding tert-OH is 1. The predicted molar refractivity (Wildman–Crippen MR) is 409 cm³/mol. The van der Waals surface area contributed by atoms with E-state index in [0.717, 1.165) is 121 Å². The van der Waals surface area contributed by atoms with Crippen molar-refractivity contribution in [3.8, 4) is 0 Å². The summed E-state index contributed by atoms with van der Waals surface area (Å²) in [5, 5.41) is 10.6. The molecule has 0 amide bonds. The molecule has 0 heterocycles. The number of unbranched alkanes of at least 4 members (excludes halogenated alkanes) is 44. The maximum atomic E-state index is 13.1. The number of esters is 4. The quantitative estimate of drug-likeness (QED) is 0.0169. The Labute approximate surface area is 612 Å². The molecule has 0 aromatic carbocycles. The lowest BCUT2D eigenvalue weighted by Gasteiger charge is -2.21. The lowest BCUT2D eigenvalue weighted by Crippen LogP contribution is -2.30. The second-order valence-electron chi connectivity index (χ2n) is 29.2. The van der Waals surface area contributed by atoms with Crippen LogP contribution in [0.2, 0.25) is 0 Å². The van der Waals surface area contributed by atoms with Gasteiger partial charge in [-0.25, -0.2) is 9.13 Å². The Morgan fingerprint density at radius 3 is 0.900 bits per heavy atom. The van der Waals surface area contributed by atoms with Crippen molar-refractivity contribution in [1.29, 1.82) is 0 Å². The van der Waals surface area contributed by atoms with Crippen molar-refractivity contribution in [2.75, 3.05) is 39.6 Å². The summed E-state index contributed by atoms with van der Waals surface area (Å²) in [5.41, 5.74) is 0. The number of phosphoric ester groups is 2. The second-order valence-corrected chi connectivity index (χ2v) is 32.1. The molecule has 17 nitrogen and oxygen atoms in total. The minimum absolute atomic E-state index is 0.101. The molecule has 0 saturated heterocycles. The number of ether oxygens (including phenoxy) is 4. The highest BCUT2D eigenvalue weighted by Gasteiger charge is 2.30. The summed E-state index contributed by atoms with van der Waals surface area (Å²) in [6, 6.07) is 0. The van der Waals surface area contributed by atoms with Crippen molar-refractivity contribution in [2.24, 2.45) is 11.8 Å². The van der Waals surface area contributed by atoms with Crippen LogP contribution in [0.4, 0.5) is 0 Å². The molecule has 0 aliphatic carbocycles. The van der Waals surface area contributed by atoms with Crippen LogP contribution in [0.1, 0.15) is 401 Å². The van der Waals surface area contributed by atoms with Crippen LogP contribution < -0.4 is 0 Å². The first-order valence-corrected chi connectivity index (χ1v) is 44.3. The van der Waals surface area contributed by atoms with E-state index in [4.69, 9.17) is 37.0 Å². The molecule has 0 aromatic heterocycles. The molecule has 0 bridgehead atoms. The third-order valence-electron chi connectivity index (χ3n) is 18.7. The van der Waals surface area contributed by atoms with E-state index in [2.05, 4.69) is 65.8 Å². The average Bonchev–Trinajstić information content (AvgIpc) is 0.936. The van der Waals surface area contributed by atoms with E-state index in [1.54, 1.807) is 0 Å². The van der Waals surface area contributed by atoms with Crippen molar-refractivity contribution in [2.45, 2.75) is 419 Å². The van der Waals surface area contributed by atoms with Gasteiger partial charge in [-0.3, -0.25) is 37.3 Å². The van der Waals surface area contributed by atoms with Gasteiger partial charge in [-0.15, -0.1) is 0 Å². The van der Waals surface area contributed by atoms with Gasteiger partial charge in [0.2, 0.25) is 0 Å². The van der Waals surface area contributed by atoms with Crippen LogP contribution in [0.3, 0.4) is 0 Å². The number of phosphoric acid groups is 2. The van der Waals surface area contributed by atoms with Gasteiger partial charge >= 0.3 is 39.5 Å². The van der Waals surface area contributed by atoms with Gasteiger partial charge in [0.15, 0.2) is 12.2 Å². The number of rotatable bonds is 78. The van der Waals surface area contributed by atoms with E-state index in [1.165, 1.54) is 199 Å². The maximum absolute atomic E-state index is 13.1. The van der Waals surface area contributed by atoms with Gasteiger partial charge < -0.3 is 33.8 Å². The Hall–Kier alpha value is -2.46. The summed E-state index contributed by atoms with van der Waals surface area (Å²) in [6.07, 6.45) is 64.5. The SMILES string of the molecule is CCCCCC/C=C\C=C/CCCCCCCC(=O)OC[C@H](COP(=O)(O)OC[C@@H](O)COP(=O)(O)OC[C@@H](COC(=O)CCCCCCCCCCC(C)CC)OC(=O)CCCCCCCCCCCCCCCC)OC(=O)CCCCCCCCCCCCCCCCCCC(C)C. The van der Waals surface area contributed by atoms with Crippen molar-refractivity contribution < 1.29 is 80.2 Å². The fraction of sp³-hybridized carbons (Fsp3) is 0.901. The minimum Gasteiger partial charge on any atom is -0.462 e. The van der Waals surface area contributed by atoms with Gasteiger partial charge in [-0.2, -0.15) is 0 Å². The number of aliphatic hydroxyl groups is 1. The smallest absolute Gasteiger partial charge is 0.462 e. The number of hydrogen-bond donors (Lipinski definition) is 3. The fourth-order valence-corrected chi connectivity index (χ4v) is 13.5. The number of carbonyl (C=O) groups is 4. The Balaban J connectivity index is 5.29. The molecule has 0 rings (SSSR count). The number of hydrogen-bond acceptors (Lipinski definition) is 15. The second kappa shape index (κ2) is 72.1. The Morgan fingerprint density at radius 1 is 0.330 bits per heavy atom. The van der Waals surface area contributed by atoms with Crippen molar-refractivity contribution in [3.63, 3.8) is 0 Å². The van der Waals surface area contributed by atoms with Gasteiger partial charge in [-0.1, -0.05) is 348 Å². The van der Waals surface area contributed by atoms with Crippen molar-refractivity contribution >= 4 is 39.5 Å². The van der Waals surface area contributed by atoms with Crippen LogP contribution in [0.15, 0.2) is 24.3 Å². The normalized spacial score (nSPS) is 14.3. The lowest BCUT2D eigenvalue weighted by molar-refractivity contribution is -0.161. The zero-order valence-corrected chi connectivity index (χ0v) is 66.8. The van der Waals surface area contributed by atoms with E-state index in [1.807, 2.05) is 0 Å². The largest absolute Gasteiger partial charge is 0.472 e. The van der Waals surface area contributed by atoms with E-state index < -0.39 is 97.5 Å². The van der Waals surface area contributed by atoms with Crippen LogP contribution in [0, 0.1) is 11.8 Å². The first-order chi connectivity index (χ1) is 48.4. The molecule has 0 saturated carbocycles. The minimum atomic E-state index is -4.97. The molecule has 100 heavy (non-hydrogen) atoms. The van der Waals surface area contributed by atoms with Gasteiger partial charge in [0.25, 0.3) is 0 Å². The topological polar surface area (TPSA) is 237 Å². The molecule has 590 valence electrons. The molecule has 0 spiro atoms. The molecule has 0 aliphatic heterocycles. The van der Waals surface area contributed by atoms with E-state index in [9.17, 15) is 43.2 Å². The molecule has 3 unspecified atom stereocenters. The monoisotopic (exact) mass is 1460 g/mol. The Morgan fingerprint density at radius 2 is 0.590 bits per heavy atom. The third kappa shape index (κ3) is 72.5. The molecule has 0 fully saturated rings. The molecule has 19 heteroatoms. The maximum Gasteiger partial charge on any atom is 0.472 e. The molecule has 6 atom stereocenters. The zero-order chi connectivity index (χ0) is 73.5. The highest BCUT2D eigenvalue weighted by Crippen LogP contribution is 2.45. The first-order valence-electron chi connectivity index (χ1n) is 41.3. The fourth-order valence-electron chi connectivity index (χ4n) is 12.0. The summed E-state index contributed by atoms with van der Waals surface area (Å²) in [5.74, 6) is -0.555. The van der Waals surface area contributed by atoms with E-state index in [0.29, 0.717) is 25.7 Å². The average molecular weight is 1460 g/mol. The van der Waals surface area contributed by atoms with Gasteiger partial charge in [0.05, 0.1) is 26.4 Å². The lowest BCUT2D eigenvalue weighted by atomic mass is 9.99. The molecular formula is C81H154O17P2. The predicted octanol–water partition coefficient (Wildman–Crippen LogP) is 23.8. The van der Waals surface area contributed by atoms with Crippen LogP contribution in [-0.2, 0) is 65.4 Å². The molecule has 0 aliphatic rings. The van der Waals surface area contributed by atoms with Gasteiger partial charge in [0, 0.05) is 25.7 Å². The summed E-state index contributed by atoms with van der Waals surface area (Å²) in [4.78, 5) is 73.0. The Bertz CT molecular complexity index is 2020. The van der Waals surface area contributed by atoms with Crippen LogP contribution >= 0.6 is 15.6 Å². The molecule has 0 aromatic rings. The standard InChI is InChI=1S/C81H154O17P2/c1-7-10-12-14-16-18-20-22-26-31-34-38-45-51-57-63-78(83)91-69-76(97-81(86)66-60-54-48-40-36-32-28-25-24-27-29-33-37-43-49-55-61-73(4)5)71-95-99(87,88)93-67-75(82)68-94-100(89,90)96-72-77(70-92-79(84)64-58-52-46-42-41-44-50-56-62-74(6)9-3)98-80(85)65-59-53-47-39-35-30-23-21-19-17-15-13-11-8-2/h18,20,22,26,73-77,82H,7-17,19,21,23-25,27-72H2,1-6H3,(H,87,88)(H,89,90)/b20-18-,26-22-/t74?,75-,76-,77-/m1/s1. The summed E-state index contributed by atoms with van der Waals surface area (Å²) >= 11 is 0. The summed E-state index contributed by atoms with van der Waals surface area (Å²) in [7, 11) is -9.93. The van der Waals surface area contributed by atoms with E-state index in [-0.39, 0.29) is 25.7 Å². The van der Waals surface area contributed by atoms with Crippen molar-refractivity contribution in [3.05, 3.63) is 24.3 Å². The molecule has 3 N–H and O–H groups in total. The van der Waals surface area contributed by atoms with Crippen LogP contribution in [-0.4, -0.2) is 96.7 Å². The molecular weight excluding hydrogens is 1310 g/mol. The van der Waals surface area contributed by atoms with Gasteiger partial charge in [0.1, 0.15) is 19.3 Å². The summed E-state index contributed by atoms with van der Waals surface area (Å²) < 4.78 is 68.7. The first kappa shape index (κ1) is 97.5. The number of allylic oxidation sites excluding steroid dienone is 4. The van der Waals surface area contributed by atoms with E-state index >= 15 is 0 Å². The van der Waals surface area contributed by atoms with Crippen LogP contribution in [0.25, 0.3) is 0 Å². The highest BCUT2D eigenvalue weighted by molar-refractivity contribution is 7.47. The van der Waals surface area contributed by atoms with Gasteiger partial charge in [-0.05, 0) is 63.2 Å². The van der Waals surface area contributed by atoms with Crippen molar-refractivity contribution in [1.82, 2.24) is 0 Å². The zero-order valence-electron chi connectivity index (χ0n) is 65.0. The number of carbonyl (C=O) groups excluding carboxylic acids is 4. The third-order valence-corrected chi connectivity index (χ3v) is 20.6. The highest BCUT2D eigenvalue weighted by atomic mass is 31.2. The summed E-state index contributed by atoms with van der Waals surface area (Å²) in [6.45, 7) is 9.60. The molecule has 0 radical (unpaired) electrons. The van der Waals surface area contributed by atoms with Crippen LogP contribution in [0.5, 0.6) is 0 Å². The Kier molecular flexibility index (Phi) is 70.3.